The van der Waals surface area contributed by atoms with Crippen LogP contribution in [0.5, 0.6) is 0 Å². The highest BCUT2D eigenvalue weighted by Gasteiger charge is 2.15. The van der Waals surface area contributed by atoms with Crippen LogP contribution in [0.3, 0.4) is 0 Å². The predicted molar refractivity (Wildman–Crippen MR) is 66.2 cm³/mol. The number of hydrogen-bond donors (Lipinski definition) is 0. The van der Waals surface area contributed by atoms with Crippen molar-refractivity contribution in [3.8, 4) is 0 Å². The Morgan fingerprint density at radius 3 is 1.88 bits per heavy atom. The van der Waals surface area contributed by atoms with Gasteiger partial charge in [-0.3, -0.25) is 0 Å². The van der Waals surface area contributed by atoms with Gasteiger partial charge in [-0.05, 0) is 32.6 Å². The molecule has 0 amide bonds. The molecule has 0 unspecified atom stereocenters. The lowest BCUT2D eigenvalue weighted by molar-refractivity contribution is -0.145. The first-order valence-corrected chi connectivity index (χ1v) is 6.56. The molecule has 0 spiro atoms. The van der Waals surface area contributed by atoms with Gasteiger partial charge in [0.2, 0.25) is 0 Å². The summed E-state index contributed by atoms with van der Waals surface area (Å²) in [6.07, 6.45) is 11.2. The lowest BCUT2D eigenvalue weighted by Crippen LogP contribution is -2.19. The third-order valence-electron chi connectivity index (χ3n) is 3.17. The molecule has 0 bridgehead atoms. The molecule has 92 valence electrons. The third-order valence-corrected chi connectivity index (χ3v) is 3.17. The standard InChI is InChI=1S/C14H24O2/c1-12(2)14(15)16-13-10-8-6-4-3-5-7-9-11-13/h13H,1,3-11H2,2H3. The second kappa shape index (κ2) is 7.48. The first kappa shape index (κ1) is 13.3. The van der Waals surface area contributed by atoms with E-state index in [1.165, 1.54) is 44.9 Å². The second-order valence-corrected chi connectivity index (χ2v) is 4.86. The van der Waals surface area contributed by atoms with Crippen LogP contribution in [0.2, 0.25) is 0 Å². The summed E-state index contributed by atoms with van der Waals surface area (Å²) in [5.74, 6) is -0.220. The summed E-state index contributed by atoms with van der Waals surface area (Å²) in [4.78, 5) is 11.4. The van der Waals surface area contributed by atoms with Crippen molar-refractivity contribution in [1.29, 1.82) is 0 Å². The minimum absolute atomic E-state index is 0.127. The van der Waals surface area contributed by atoms with Crippen LogP contribution in [0, 0.1) is 0 Å². The average Bonchev–Trinajstić information content (AvgIpc) is 2.27. The monoisotopic (exact) mass is 224 g/mol. The van der Waals surface area contributed by atoms with E-state index in [1.54, 1.807) is 6.92 Å². The number of carbonyl (C=O) groups is 1. The molecule has 16 heavy (non-hydrogen) atoms. The van der Waals surface area contributed by atoms with Crippen LogP contribution in [0.25, 0.3) is 0 Å². The molecule has 0 saturated heterocycles. The number of esters is 1. The maximum Gasteiger partial charge on any atom is 0.333 e. The Morgan fingerprint density at radius 2 is 1.44 bits per heavy atom. The minimum atomic E-state index is -0.220. The largest absolute Gasteiger partial charge is 0.459 e. The smallest absolute Gasteiger partial charge is 0.333 e. The summed E-state index contributed by atoms with van der Waals surface area (Å²) < 4.78 is 5.45. The fourth-order valence-corrected chi connectivity index (χ4v) is 2.14. The quantitative estimate of drug-likeness (QED) is 0.523. The van der Waals surface area contributed by atoms with Crippen molar-refractivity contribution in [2.24, 2.45) is 0 Å². The van der Waals surface area contributed by atoms with Crippen LogP contribution >= 0.6 is 0 Å². The third kappa shape index (κ3) is 5.34. The van der Waals surface area contributed by atoms with Crippen molar-refractivity contribution in [3.63, 3.8) is 0 Å². The first-order valence-electron chi connectivity index (χ1n) is 6.56. The summed E-state index contributed by atoms with van der Waals surface area (Å²) in [6.45, 7) is 5.33. The Hall–Kier alpha value is -0.790. The Kier molecular flexibility index (Phi) is 6.20. The van der Waals surface area contributed by atoms with Gasteiger partial charge in [0.05, 0.1) is 0 Å². The normalized spacial score (nSPS) is 20.1. The van der Waals surface area contributed by atoms with E-state index in [0.29, 0.717) is 5.57 Å². The van der Waals surface area contributed by atoms with E-state index in [4.69, 9.17) is 4.74 Å². The summed E-state index contributed by atoms with van der Waals surface area (Å²) >= 11 is 0. The maximum atomic E-state index is 11.4. The van der Waals surface area contributed by atoms with E-state index in [0.717, 1.165) is 12.8 Å². The Balaban J connectivity index is 2.35. The van der Waals surface area contributed by atoms with Gasteiger partial charge in [0.25, 0.3) is 0 Å². The summed E-state index contributed by atoms with van der Waals surface area (Å²) in [5.41, 5.74) is 0.511. The second-order valence-electron chi connectivity index (χ2n) is 4.86. The highest BCUT2D eigenvalue weighted by molar-refractivity contribution is 5.87. The van der Waals surface area contributed by atoms with Crippen molar-refractivity contribution in [1.82, 2.24) is 0 Å². The van der Waals surface area contributed by atoms with Crippen LogP contribution in [0.1, 0.15) is 64.7 Å². The molecule has 1 aliphatic carbocycles. The van der Waals surface area contributed by atoms with Gasteiger partial charge in [-0.2, -0.15) is 0 Å². The Morgan fingerprint density at radius 1 is 1.00 bits per heavy atom. The summed E-state index contributed by atoms with van der Waals surface area (Å²) in [5, 5.41) is 0. The summed E-state index contributed by atoms with van der Waals surface area (Å²) in [6, 6.07) is 0. The predicted octanol–water partition coefficient (Wildman–Crippen LogP) is 4.00. The van der Waals surface area contributed by atoms with Crippen LogP contribution in [-0.2, 0) is 9.53 Å². The topological polar surface area (TPSA) is 26.3 Å². The molecule has 0 heterocycles. The number of carbonyl (C=O) groups excluding carboxylic acids is 1. The van der Waals surface area contributed by atoms with Crippen LogP contribution in [0.15, 0.2) is 12.2 Å². The van der Waals surface area contributed by atoms with Gasteiger partial charge in [-0.1, -0.05) is 38.7 Å². The van der Waals surface area contributed by atoms with Crippen LogP contribution in [0.4, 0.5) is 0 Å². The van der Waals surface area contributed by atoms with Gasteiger partial charge < -0.3 is 4.74 Å². The minimum Gasteiger partial charge on any atom is -0.459 e. The van der Waals surface area contributed by atoms with Gasteiger partial charge in [-0.15, -0.1) is 0 Å². The number of hydrogen-bond acceptors (Lipinski definition) is 2. The lowest BCUT2D eigenvalue weighted by Gasteiger charge is -2.19. The lowest BCUT2D eigenvalue weighted by atomic mass is 9.99. The highest BCUT2D eigenvalue weighted by Crippen LogP contribution is 2.19. The molecular formula is C14H24O2. The Labute approximate surface area is 99.1 Å². The van der Waals surface area contributed by atoms with E-state index < -0.39 is 0 Å². The van der Waals surface area contributed by atoms with Crippen LogP contribution < -0.4 is 0 Å². The molecule has 0 aromatic heterocycles. The molecule has 0 radical (unpaired) electrons. The molecule has 1 aliphatic rings. The molecule has 0 N–H and O–H groups in total. The fourth-order valence-electron chi connectivity index (χ4n) is 2.14. The molecule has 2 nitrogen and oxygen atoms in total. The van der Waals surface area contributed by atoms with E-state index in [1.807, 2.05) is 0 Å². The van der Waals surface area contributed by atoms with Crippen molar-refractivity contribution in [2.75, 3.05) is 0 Å². The van der Waals surface area contributed by atoms with E-state index in [9.17, 15) is 4.79 Å². The molecule has 0 atom stereocenters. The molecule has 0 aliphatic heterocycles. The Bertz CT molecular complexity index is 223. The van der Waals surface area contributed by atoms with Gasteiger partial charge in [0.1, 0.15) is 6.10 Å². The van der Waals surface area contributed by atoms with Crippen molar-refractivity contribution >= 4 is 5.97 Å². The van der Waals surface area contributed by atoms with Gasteiger partial charge in [0, 0.05) is 5.57 Å². The van der Waals surface area contributed by atoms with E-state index in [2.05, 4.69) is 6.58 Å². The zero-order valence-corrected chi connectivity index (χ0v) is 10.5. The first-order chi connectivity index (χ1) is 7.70. The zero-order valence-electron chi connectivity index (χ0n) is 10.5. The molecule has 2 heteroatoms. The zero-order chi connectivity index (χ0) is 11.8. The average molecular weight is 224 g/mol. The SMILES string of the molecule is C=C(C)C(=O)OC1CCCCCCCCC1. The maximum absolute atomic E-state index is 11.4. The fraction of sp³-hybridized carbons (Fsp3) is 0.786. The van der Waals surface area contributed by atoms with E-state index >= 15 is 0 Å². The molecule has 0 aromatic rings. The van der Waals surface area contributed by atoms with Crippen molar-refractivity contribution < 1.29 is 9.53 Å². The van der Waals surface area contributed by atoms with E-state index in [-0.39, 0.29) is 12.1 Å². The molecular weight excluding hydrogens is 200 g/mol. The molecule has 1 rings (SSSR count). The molecule has 0 aromatic carbocycles. The molecule has 1 fully saturated rings. The summed E-state index contributed by atoms with van der Waals surface area (Å²) in [7, 11) is 0. The number of ether oxygens (including phenoxy) is 1. The van der Waals surface area contributed by atoms with Gasteiger partial charge >= 0.3 is 5.97 Å². The van der Waals surface area contributed by atoms with Crippen molar-refractivity contribution in [3.05, 3.63) is 12.2 Å². The van der Waals surface area contributed by atoms with Crippen LogP contribution in [-0.4, -0.2) is 12.1 Å². The number of rotatable bonds is 2. The van der Waals surface area contributed by atoms with Gasteiger partial charge in [0.15, 0.2) is 0 Å². The highest BCUT2D eigenvalue weighted by atomic mass is 16.5. The van der Waals surface area contributed by atoms with Gasteiger partial charge in [-0.25, -0.2) is 4.79 Å². The van der Waals surface area contributed by atoms with Crippen molar-refractivity contribution in [2.45, 2.75) is 70.8 Å². The molecule has 1 saturated carbocycles.